The van der Waals surface area contributed by atoms with Gasteiger partial charge in [-0.1, -0.05) is 38.9 Å². The molecule has 23 heavy (non-hydrogen) atoms. The molecule has 0 atom stereocenters. The van der Waals surface area contributed by atoms with E-state index in [1.807, 2.05) is 20.8 Å². The molecule has 0 unspecified atom stereocenters. The molecule has 0 radical (unpaired) electrons. The first-order valence-corrected chi connectivity index (χ1v) is 11.3. The summed E-state index contributed by atoms with van der Waals surface area (Å²) in [5, 5.41) is 0. The van der Waals surface area contributed by atoms with E-state index < -0.39 is 41.5 Å². The summed E-state index contributed by atoms with van der Waals surface area (Å²) in [7, 11) is -7.05. The van der Waals surface area contributed by atoms with Crippen LogP contribution in [0.25, 0.3) is 0 Å². The third kappa shape index (κ3) is 9.71. The fraction of sp³-hybridized carbons (Fsp3) is 1.00. The molecule has 4 nitrogen and oxygen atoms in total. The average Bonchev–Trinajstić information content (AvgIpc) is 2.44. The Morgan fingerprint density at radius 2 is 1.13 bits per heavy atom. The molecule has 0 aromatic heterocycles. The van der Waals surface area contributed by atoms with Crippen molar-refractivity contribution < 1.29 is 44.5 Å². The quantitative estimate of drug-likeness (QED) is 0.288. The largest absolute Gasteiger partial charge is 0.475 e. The molecule has 0 saturated carbocycles. The van der Waals surface area contributed by atoms with E-state index in [1.54, 1.807) is 0 Å². The molecule has 140 valence electrons. The van der Waals surface area contributed by atoms with Gasteiger partial charge in [-0.2, -0.15) is 26.3 Å². The molecule has 0 aromatic rings. The zero-order chi connectivity index (χ0) is 18.4. The molecule has 0 bridgehead atoms. The van der Waals surface area contributed by atoms with Gasteiger partial charge in [-0.05, 0) is 0 Å². The Hall–Kier alpha value is -0.0931. The highest BCUT2D eigenvalue weighted by Gasteiger charge is 2.41. The Kier molecular flexibility index (Phi) is 8.81. The topological polar surface area (TPSA) is 44.8 Å². The van der Waals surface area contributed by atoms with Crippen molar-refractivity contribution in [2.75, 3.05) is 19.4 Å². The Morgan fingerprint density at radius 1 is 0.783 bits per heavy atom. The van der Waals surface area contributed by atoms with E-state index in [2.05, 4.69) is 9.05 Å². The fourth-order valence-electron chi connectivity index (χ4n) is 1.69. The molecule has 0 aliphatic heterocycles. The summed E-state index contributed by atoms with van der Waals surface area (Å²) in [4.78, 5) is 0. The first-order chi connectivity index (χ1) is 10.3. The lowest BCUT2D eigenvalue weighted by molar-refractivity contribution is -0.170. The van der Waals surface area contributed by atoms with Crippen molar-refractivity contribution in [2.24, 2.45) is 0 Å². The monoisotopic (exact) mass is 390 g/mol. The van der Waals surface area contributed by atoms with Gasteiger partial charge in [0.05, 0.1) is 14.3 Å². The predicted molar refractivity (Wildman–Crippen MR) is 74.8 cm³/mol. The molecule has 0 N–H and O–H groups in total. The second-order valence-corrected chi connectivity index (χ2v) is 12.1. The van der Waals surface area contributed by atoms with Gasteiger partial charge in [-0.25, -0.2) is 4.57 Å². The number of halogens is 6. The van der Waals surface area contributed by atoms with Crippen LogP contribution in [0.2, 0.25) is 18.1 Å². The second kappa shape index (κ2) is 8.84. The van der Waals surface area contributed by atoms with Gasteiger partial charge in [0.15, 0.2) is 13.2 Å². The van der Waals surface area contributed by atoms with Crippen molar-refractivity contribution in [3.05, 3.63) is 0 Å². The summed E-state index contributed by atoms with van der Waals surface area (Å²) in [6.07, 6.45) is -9.92. The zero-order valence-corrected chi connectivity index (χ0v) is 15.0. The SMILES string of the molecule is CC[Si](CC)(CC)COP(=O)(OCC(F)(F)F)OCC(F)(F)F. The van der Waals surface area contributed by atoms with Gasteiger partial charge in [0.25, 0.3) is 0 Å². The molecule has 0 aliphatic rings. The van der Waals surface area contributed by atoms with Gasteiger partial charge in [-0.15, -0.1) is 0 Å². The smallest absolute Gasteiger partial charge is 0.290 e. The van der Waals surface area contributed by atoms with Gasteiger partial charge in [0, 0.05) is 0 Å². The highest BCUT2D eigenvalue weighted by atomic mass is 31.2. The van der Waals surface area contributed by atoms with Crippen LogP contribution >= 0.6 is 7.82 Å². The van der Waals surface area contributed by atoms with Gasteiger partial charge in [0.1, 0.15) is 0 Å². The maximum Gasteiger partial charge on any atom is 0.475 e. The molecule has 0 fully saturated rings. The molecule has 0 spiro atoms. The maximum absolute atomic E-state index is 12.2. The highest BCUT2D eigenvalue weighted by molar-refractivity contribution is 7.48. The summed E-state index contributed by atoms with van der Waals surface area (Å²) < 4.78 is 97.9. The minimum Gasteiger partial charge on any atom is -0.290 e. The van der Waals surface area contributed by atoms with Crippen molar-refractivity contribution in [3.63, 3.8) is 0 Å². The predicted octanol–water partition coefficient (Wildman–Crippen LogP) is 5.32. The van der Waals surface area contributed by atoms with E-state index in [-0.39, 0.29) is 6.23 Å². The summed E-state index contributed by atoms with van der Waals surface area (Å²) in [6.45, 7) is 1.52. The lowest BCUT2D eigenvalue weighted by atomic mass is 10.7. The van der Waals surface area contributed by atoms with Crippen LogP contribution < -0.4 is 0 Å². The second-order valence-electron chi connectivity index (χ2n) is 5.06. The van der Waals surface area contributed by atoms with Crippen molar-refractivity contribution in [1.82, 2.24) is 0 Å². The van der Waals surface area contributed by atoms with Gasteiger partial charge >= 0.3 is 20.2 Å². The Bertz CT molecular complexity index is 367. The standard InChI is InChI=1S/C11H21F6O4PSi/c1-4-23(5-2,6-3)9-21-22(18,19-7-10(12,13)14)20-8-11(15,16)17/h4-9H2,1-3H3. The van der Waals surface area contributed by atoms with Crippen LogP contribution in [-0.2, 0) is 18.1 Å². The molecule has 0 rings (SSSR count). The molecular weight excluding hydrogens is 369 g/mol. The maximum atomic E-state index is 12.2. The first-order valence-electron chi connectivity index (χ1n) is 6.97. The molecule has 0 heterocycles. The van der Waals surface area contributed by atoms with Crippen LogP contribution in [0.4, 0.5) is 26.3 Å². The molecule has 0 aliphatic carbocycles. The lowest BCUT2D eigenvalue weighted by Crippen LogP contribution is -2.38. The van der Waals surface area contributed by atoms with Crippen molar-refractivity contribution in [2.45, 2.75) is 51.3 Å². The first kappa shape index (κ1) is 22.9. The molecule has 0 saturated heterocycles. The van der Waals surface area contributed by atoms with Gasteiger partial charge in [-0.3, -0.25) is 13.6 Å². The number of phosphoric ester groups is 1. The van der Waals surface area contributed by atoms with Crippen LogP contribution in [0.1, 0.15) is 20.8 Å². The summed E-state index contributed by atoms with van der Waals surface area (Å²) in [5.41, 5.74) is 0. The van der Waals surface area contributed by atoms with Crippen LogP contribution in [0, 0.1) is 0 Å². The number of rotatable bonds is 10. The highest BCUT2D eigenvalue weighted by Crippen LogP contribution is 2.52. The molecule has 12 heteroatoms. The minimum atomic E-state index is -4.95. The fourth-order valence-corrected chi connectivity index (χ4v) is 6.36. The summed E-state index contributed by atoms with van der Waals surface area (Å²) in [5.74, 6) is 0. The van der Waals surface area contributed by atoms with E-state index in [9.17, 15) is 30.9 Å². The van der Waals surface area contributed by atoms with E-state index in [0.717, 1.165) is 0 Å². The number of alkyl halides is 6. The normalized spacial score (nSPS) is 14.3. The van der Waals surface area contributed by atoms with E-state index in [4.69, 9.17) is 4.52 Å². The van der Waals surface area contributed by atoms with Crippen molar-refractivity contribution in [3.8, 4) is 0 Å². The molecule has 0 aromatic carbocycles. The third-order valence-electron chi connectivity index (χ3n) is 3.55. The Balaban J connectivity index is 5.00. The van der Waals surface area contributed by atoms with Gasteiger partial charge in [0.2, 0.25) is 0 Å². The molecular formula is C11H21F6O4PSi. The van der Waals surface area contributed by atoms with Crippen LogP contribution in [0.3, 0.4) is 0 Å². The Morgan fingerprint density at radius 3 is 1.39 bits per heavy atom. The number of hydrogen-bond donors (Lipinski definition) is 0. The van der Waals surface area contributed by atoms with E-state index in [0.29, 0.717) is 18.1 Å². The summed E-state index contributed by atoms with van der Waals surface area (Å²) in [6, 6.07) is 2.04. The third-order valence-corrected chi connectivity index (χ3v) is 10.4. The van der Waals surface area contributed by atoms with Gasteiger partial charge < -0.3 is 0 Å². The van der Waals surface area contributed by atoms with Crippen LogP contribution in [0.5, 0.6) is 0 Å². The van der Waals surface area contributed by atoms with Crippen molar-refractivity contribution >= 4 is 15.9 Å². The van der Waals surface area contributed by atoms with E-state index in [1.165, 1.54) is 0 Å². The number of hydrogen-bond acceptors (Lipinski definition) is 4. The minimum absolute atomic E-state index is 0.191. The zero-order valence-electron chi connectivity index (χ0n) is 13.1. The van der Waals surface area contributed by atoms with Crippen LogP contribution in [0.15, 0.2) is 0 Å². The van der Waals surface area contributed by atoms with E-state index >= 15 is 0 Å². The molecule has 0 amide bonds. The number of phosphoric acid groups is 1. The average molecular weight is 390 g/mol. The van der Waals surface area contributed by atoms with Crippen molar-refractivity contribution in [1.29, 1.82) is 0 Å². The Labute approximate surface area is 132 Å². The van der Waals surface area contributed by atoms with Crippen LogP contribution in [-0.4, -0.2) is 39.9 Å². The summed E-state index contributed by atoms with van der Waals surface area (Å²) >= 11 is 0. The lowest BCUT2D eigenvalue weighted by Gasteiger charge is -2.29.